The van der Waals surface area contributed by atoms with E-state index in [1.54, 1.807) is 41.3 Å². The van der Waals surface area contributed by atoms with E-state index in [1.807, 2.05) is 0 Å². The van der Waals surface area contributed by atoms with Crippen molar-refractivity contribution < 1.29 is 14.5 Å². The standard InChI is InChI=1S/C19H17Cl2N5O3S/c20-12-6-4-7-13(15(12)21)22-17-18(25-30(29)24-17)23-14-8-3-5-11(16(14)27)19(28)26-9-1-2-10-26/h3-8,27H,1-2,9-10H2,(H,22,24)(H,23,25). The molecule has 1 aromatic heterocycles. The average molecular weight is 466 g/mol. The van der Waals surface area contributed by atoms with Crippen molar-refractivity contribution in [3.8, 4) is 5.75 Å². The summed E-state index contributed by atoms with van der Waals surface area (Å²) in [6.45, 7) is 1.34. The summed E-state index contributed by atoms with van der Waals surface area (Å²) < 4.78 is 19.8. The van der Waals surface area contributed by atoms with Crippen LogP contribution in [-0.4, -0.2) is 42.3 Å². The van der Waals surface area contributed by atoms with E-state index < -0.39 is 11.1 Å². The maximum Gasteiger partial charge on any atom is 0.257 e. The molecule has 2 aromatic carbocycles. The van der Waals surface area contributed by atoms with Crippen molar-refractivity contribution in [3.05, 3.63) is 52.0 Å². The molecule has 0 spiro atoms. The Morgan fingerprint density at radius 3 is 2.33 bits per heavy atom. The fourth-order valence-electron chi connectivity index (χ4n) is 3.19. The third-order valence-electron chi connectivity index (χ3n) is 4.68. The summed E-state index contributed by atoms with van der Waals surface area (Å²) in [5.41, 5.74) is 0.883. The van der Waals surface area contributed by atoms with Gasteiger partial charge >= 0.3 is 0 Å². The number of phenols is 1. The van der Waals surface area contributed by atoms with Crippen LogP contribution in [0, 0.1) is 0 Å². The number of nitrogens with zero attached hydrogens (tertiary/aromatic N) is 3. The number of aromatic hydroxyl groups is 1. The Balaban J connectivity index is 1.61. The molecule has 1 amide bonds. The van der Waals surface area contributed by atoms with Gasteiger partial charge in [0, 0.05) is 21.8 Å². The molecular formula is C19H17Cl2N5O3S. The summed E-state index contributed by atoms with van der Waals surface area (Å²) in [6.07, 6.45) is 1.90. The largest absolute Gasteiger partial charge is 0.546 e. The highest BCUT2D eigenvalue weighted by Gasteiger charge is 2.24. The minimum atomic E-state index is -1.85. The maximum absolute atomic E-state index is 12.7. The first-order valence-corrected chi connectivity index (χ1v) is 10.9. The fourth-order valence-corrected chi connectivity index (χ4v) is 4.16. The molecule has 4 rings (SSSR count). The third kappa shape index (κ3) is 4.15. The molecule has 156 valence electrons. The Morgan fingerprint density at radius 1 is 1.03 bits per heavy atom. The predicted molar refractivity (Wildman–Crippen MR) is 117 cm³/mol. The Labute approximate surface area is 185 Å². The van der Waals surface area contributed by atoms with Crippen molar-refractivity contribution in [1.29, 1.82) is 0 Å². The molecule has 3 N–H and O–H groups in total. The zero-order chi connectivity index (χ0) is 21.3. The third-order valence-corrected chi connectivity index (χ3v) is 6.18. The van der Waals surface area contributed by atoms with Gasteiger partial charge in [0.15, 0.2) is 16.9 Å². The lowest BCUT2D eigenvalue weighted by Gasteiger charge is -2.17. The SMILES string of the molecule is O=C(c1cccc(Nc2n[s+]([O-])nc2Nc2cccc(Cl)c2Cl)c1O)N1CCCC1. The minimum Gasteiger partial charge on any atom is -0.546 e. The topological polar surface area (TPSA) is 113 Å². The monoisotopic (exact) mass is 465 g/mol. The maximum atomic E-state index is 12.7. The summed E-state index contributed by atoms with van der Waals surface area (Å²) in [5, 5.41) is 17.1. The van der Waals surface area contributed by atoms with Crippen molar-refractivity contribution >= 4 is 63.3 Å². The number of aromatic nitrogens is 2. The summed E-state index contributed by atoms with van der Waals surface area (Å²) >= 11 is 10.4. The Morgan fingerprint density at radius 2 is 1.63 bits per heavy atom. The molecule has 1 aliphatic rings. The van der Waals surface area contributed by atoms with Crippen LogP contribution in [0.3, 0.4) is 0 Å². The van der Waals surface area contributed by atoms with Crippen molar-refractivity contribution in [2.24, 2.45) is 0 Å². The van der Waals surface area contributed by atoms with Gasteiger partial charge in [0.2, 0.25) is 11.6 Å². The molecule has 1 fully saturated rings. The van der Waals surface area contributed by atoms with Crippen LogP contribution in [0.5, 0.6) is 5.75 Å². The van der Waals surface area contributed by atoms with Gasteiger partial charge in [-0.1, -0.05) is 35.3 Å². The van der Waals surface area contributed by atoms with E-state index >= 15 is 0 Å². The van der Waals surface area contributed by atoms with Crippen LogP contribution in [-0.2, 0) is 0 Å². The molecule has 0 saturated carbocycles. The highest BCUT2D eigenvalue weighted by atomic mass is 35.5. The van der Waals surface area contributed by atoms with Crippen LogP contribution in [0.1, 0.15) is 23.2 Å². The molecule has 1 saturated heterocycles. The first kappa shape index (κ1) is 20.7. The summed E-state index contributed by atoms with van der Waals surface area (Å²) in [6, 6.07) is 9.82. The predicted octanol–water partition coefficient (Wildman–Crippen LogP) is 4.94. The summed E-state index contributed by atoms with van der Waals surface area (Å²) in [7, 11) is 0. The second-order valence-electron chi connectivity index (χ2n) is 6.66. The first-order chi connectivity index (χ1) is 14.4. The van der Waals surface area contributed by atoms with Crippen LogP contribution < -0.4 is 10.6 Å². The van der Waals surface area contributed by atoms with Crippen LogP contribution in [0.4, 0.5) is 23.0 Å². The van der Waals surface area contributed by atoms with Gasteiger partial charge in [-0.05, 0) is 37.1 Å². The zero-order valence-electron chi connectivity index (χ0n) is 15.6. The van der Waals surface area contributed by atoms with Crippen molar-refractivity contribution in [2.45, 2.75) is 12.8 Å². The highest BCUT2D eigenvalue weighted by molar-refractivity contribution is 7.14. The van der Waals surface area contributed by atoms with Crippen LogP contribution in [0.2, 0.25) is 10.0 Å². The molecule has 3 aromatic rings. The van der Waals surface area contributed by atoms with Crippen LogP contribution in [0.25, 0.3) is 0 Å². The van der Waals surface area contributed by atoms with Gasteiger partial charge in [-0.15, -0.1) is 0 Å². The number of para-hydroxylation sites is 1. The molecule has 0 bridgehead atoms. The van der Waals surface area contributed by atoms with Crippen LogP contribution >= 0.6 is 34.3 Å². The lowest BCUT2D eigenvalue weighted by atomic mass is 10.1. The minimum absolute atomic E-state index is 0.130. The van der Waals surface area contributed by atoms with Gasteiger partial charge in [0.25, 0.3) is 5.91 Å². The lowest BCUT2D eigenvalue weighted by Crippen LogP contribution is -2.27. The first-order valence-electron chi connectivity index (χ1n) is 9.13. The molecule has 2 heterocycles. The normalized spacial score (nSPS) is 14.1. The second kappa shape index (κ2) is 8.65. The number of carbonyl (C=O) groups is 1. The van der Waals surface area contributed by atoms with Gasteiger partial charge < -0.3 is 25.2 Å². The van der Waals surface area contributed by atoms with Gasteiger partial charge in [-0.2, -0.15) is 0 Å². The Kier molecular flexibility index (Phi) is 5.96. The van der Waals surface area contributed by atoms with E-state index in [9.17, 15) is 14.5 Å². The number of hydrogen-bond donors (Lipinski definition) is 3. The number of likely N-dealkylation sites (tertiary alicyclic amines) is 1. The van der Waals surface area contributed by atoms with Gasteiger partial charge in [0.1, 0.15) is 0 Å². The van der Waals surface area contributed by atoms with E-state index in [1.165, 1.54) is 0 Å². The van der Waals surface area contributed by atoms with E-state index in [0.717, 1.165) is 12.8 Å². The number of carbonyl (C=O) groups excluding carboxylic acids is 1. The highest BCUT2D eigenvalue weighted by Crippen LogP contribution is 2.37. The van der Waals surface area contributed by atoms with Crippen molar-refractivity contribution in [2.75, 3.05) is 23.7 Å². The summed E-state index contributed by atoms with van der Waals surface area (Å²) in [4.78, 5) is 14.4. The lowest BCUT2D eigenvalue weighted by molar-refractivity contribution is 0.0790. The molecule has 1 aliphatic heterocycles. The van der Waals surface area contributed by atoms with Gasteiger partial charge in [0.05, 0.1) is 27.0 Å². The number of benzene rings is 2. The Bertz CT molecular complexity index is 1100. The smallest absolute Gasteiger partial charge is 0.257 e. The molecule has 1 unspecified atom stereocenters. The molecule has 0 aliphatic carbocycles. The molecule has 1 atom stereocenters. The van der Waals surface area contributed by atoms with E-state index in [0.29, 0.717) is 23.8 Å². The number of nitrogens with one attached hydrogen (secondary N) is 2. The zero-order valence-corrected chi connectivity index (χ0v) is 17.9. The number of anilines is 4. The number of amides is 1. The second-order valence-corrected chi connectivity index (χ2v) is 8.27. The molecule has 11 heteroatoms. The van der Waals surface area contributed by atoms with E-state index in [2.05, 4.69) is 19.4 Å². The van der Waals surface area contributed by atoms with Crippen molar-refractivity contribution in [3.63, 3.8) is 0 Å². The molecule has 30 heavy (non-hydrogen) atoms. The Hall–Kier alpha value is -2.59. The molecular weight excluding hydrogens is 449 g/mol. The molecule has 8 nitrogen and oxygen atoms in total. The van der Waals surface area contributed by atoms with Gasteiger partial charge in [-0.3, -0.25) is 4.79 Å². The number of phenolic OH excluding ortho intramolecular Hbond substituents is 1. The average Bonchev–Trinajstić information content (AvgIpc) is 3.37. The quantitative estimate of drug-likeness (QED) is 0.361. The fraction of sp³-hybridized carbons (Fsp3) is 0.211. The number of hydrogen-bond acceptors (Lipinski definition) is 7. The summed E-state index contributed by atoms with van der Waals surface area (Å²) in [5.74, 6) is -0.156. The van der Waals surface area contributed by atoms with Crippen LogP contribution in [0.15, 0.2) is 36.4 Å². The van der Waals surface area contributed by atoms with Gasteiger partial charge in [-0.25, -0.2) is 0 Å². The van der Waals surface area contributed by atoms with Crippen molar-refractivity contribution in [1.82, 2.24) is 13.6 Å². The van der Waals surface area contributed by atoms with E-state index in [4.69, 9.17) is 23.2 Å². The molecule has 0 radical (unpaired) electrons. The number of rotatable bonds is 5. The van der Waals surface area contributed by atoms with E-state index in [-0.39, 0.29) is 39.6 Å². The number of halogens is 2.